The van der Waals surface area contributed by atoms with Crippen molar-refractivity contribution >= 4 is 5.97 Å². The lowest BCUT2D eigenvalue weighted by Crippen LogP contribution is -2.71. The average Bonchev–Trinajstić information content (AvgIpc) is 2.87. The van der Waals surface area contributed by atoms with Gasteiger partial charge in [0.15, 0.2) is 5.60 Å². The maximum atomic E-state index is 12.8. The quantitative estimate of drug-likeness (QED) is 0.709. The molecule has 0 amide bonds. The molecule has 5 nitrogen and oxygen atoms in total. The molecule has 23 heavy (non-hydrogen) atoms. The Bertz CT molecular complexity index is 569. The Morgan fingerprint density at radius 1 is 1.22 bits per heavy atom. The van der Waals surface area contributed by atoms with Gasteiger partial charge in [-0.3, -0.25) is 4.90 Å². The van der Waals surface area contributed by atoms with Crippen LogP contribution in [0.2, 0.25) is 0 Å². The number of nitrogens with one attached hydrogen (secondary N) is 1. The molecule has 126 valence electrons. The molecule has 5 atom stereocenters. The van der Waals surface area contributed by atoms with Crippen molar-refractivity contribution in [1.82, 2.24) is 10.2 Å². The molecule has 0 aromatic heterocycles. The molecule has 1 aliphatic carbocycles. The van der Waals surface area contributed by atoms with Gasteiger partial charge in [0.25, 0.3) is 0 Å². The van der Waals surface area contributed by atoms with Crippen molar-refractivity contribution in [1.29, 1.82) is 0 Å². The number of esters is 1. The van der Waals surface area contributed by atoms with Crippen molar-refractivity contribution in [3.63, 3.8) is 0 Å². The van der Waals surface area contributed by atoms with Gasteiger partial charge in [0.05, 0.1) is 17.7 Å². The minimum absolute atomic E-state index is 0.111. The van der Waals surface area contributed by atoms with E-state index in [4.69, 9.17) is 4.74 Å². The van der Waals surface area contributed by atoms with Crippen LogP contribution in [0.25, 0.3) is 0 Å². The Hall–Kier alpha value is -0.910. The maximum absolute atomic E-state index is 12.8. The fourth-order valence-corrected chi connectivity index (χ4v) is 5.92. The molecule has 1 saturated carbocycles. The Kier molecular flexibility index (Phi) is 3.16. The van der Waals surface area contributed by atoms with Crippen LogP contribution < -0.4 is 5.32 Å². The van der Waals surface area contributed by atoms with Crippen LogP contribution in [-0.2, 0) is 9.53 Å². The summed E-state index contributed by atoms with van der Waals surface area (Å²) < 4.78 is 6.09. The highest BCUT2D eigenvalue weighted by Crippen LogP contribution is 2.55. The molecule has 4 saturated heterocycles. The van der Waals surface area contributed by atoms with Crippen molar-refractivity contribution < 1.29 is 14.6 Å². The van der Waals surface area contributed by atoms with Gasteiger partial charge in [-0.1, -0.05) is 12.8 Å². The average molecular weight is 318 g/mol. The fraction of sp³-hybridized carbons (Fsp3) is 0.833. The van der Waals surface area contributed by atoms with Crippen molar-refractivity contribution in [2.75, 3.05) is 13.1 Å². The van der Waals surface area contributed by atoms with Crippen LogP contribution in [0.4, 0.5) is 0 Å². The molecule has 1 spiro atoms. The Morgan fingerprint density at radius 2 is 2.09 bits per heavy atom. The summed E-state index contributed by atoms with van der Waals surface area (Å²) in [6.07, 6.45) is 7.95. The van der Waals surface area contributed by atoms with Crippen molar-refractivity contribution in [2.24, 2.45) is 0 Å². The van der Waals surface area contributed by atoms with E-state index in [1.54, 1.807) is 0 Å². The number of aliphatic hydroxyl groups is 1. The molecule has 5 aliphatic heterocycles. The molecule has 5 fully saturated rings. The van der Waals surface area contributed by atoms with E-state index >= 15 is 0 Å². The van der Waals surface area contributed by atoms with Crippen molar-refractivity contribution in [3.05, 3.63) is 11.1 Å². The monoisotopic (exact) mass is 318 g/mol. The SMILES string of the molecule is O=C1O[C@@]23C[C@@H](O)[C@@H](CC2=C1[C@@H]1CCCCN1)N1CCCC[C@H]13. The van der Waals surface area contributed by atoms with E-state index < -0.39 is 5.60 Å². The fourth-order valence-electron chi connectivity index (χ4n) is 5.92. The van der Waals surface area contributed by atoms with Gasteiger partial charge >= 0.3 is 5.97 Å². The number of piperidine rings is 4. The largest absolute Gasteiger partial charge is 0.449 e. The van der Waals surface area contributed by atoms with Crippen LogP contribution in [0.5, 0.6) is 0 Å². The van der Waals surface area contributed by atoms with Gasteiger partial charge in [0.2, 0.25) is 0 Å². The highest BCUT2D eigenvalue weighted by molar-refractivity contribution is 5.95. The number of carbonyl (C=O) groups is 1. The topological polar surface area (TPSA) is 61.8 Å². The van der Waals surface area contributed by atoms with E-state index in [0.717, 1.165) is 37.9 Å². The summed E-state index contributed by atoms with van der Waals surface area (Å²) in [5.41, 5.74) is 1.63. The third-order valence-electron chi connectivity index (χ3n) is 6.87. The number of hydrogen-bond acceptors (Lipinski definition) is 5. The van der Waals surface area contributed by atoms with Gasteiger partial charge in [-0.25, -0.2) is 4.79 Å². The van der Waals surface area contributed by atoms with Gasteiger partial charge in [0.1, 0.15) is 0 Å². The van der Waals surface area contributed by atoms with E-state index in [-0.39, 0.29) is 24.2 Å². The lowest BCUT2D eigenvalue weighted by molar-refractivity contribution is -0.188. The zero-order valence-electron chi connectivity index (χ0n) is 13.6. The van der Waals surface area contributed by atoms with Crippen molar-refractivity contribution in [2.45, 2.75) is 81.2 Å². The van der Waals surface area contributed by atoms with Gasteiger partial charge in [0, 0.05) is 18.5 Å². The number of aliphatic hydroxyl groups excluding tert-OH is 1. The molecule has 0 aromatic carbocycles. The van der Waals surface area contributed by atoms with Gasteiger partial charge < -0.3 is 15.2 Å². The predicted molar refractivity (Wildman–Crippen MR) is 84.9 cm³/mol. The summed E-state index contributed by atoms with van der Waals surface area (Å²) in [5.74, 6) is -0.111. The summed E-state index contributed by atoms with van der Waals surface area (Å²) in [7, 11) is 0. The van der Waals surface area contributed by atoms with Crippen LogP contribution in [0.1, 0.15) is 51.4 Å². The molecule has 2 N–H and O–H groups in total. The first-order valence-corrected chi connectivity index (χ1v) is 9.35. The van der Waals surface area contributed by atoms with E-state index in [0.29, 0.717) is 12.5 Å². The normalized spacial score (nSPS) is 46.6. The van der Waals surface area contributed by atoms with Crippen LogP contribution in [0.3, 0.4) is 0 Å². The zero-order valence-corrected chi connectivity index (χ0v) is 13.6. The third-order valence-corrected chi connectivity index (χ3v) is 6.87. The minimum Gasteiger partial charge on any atom is -0.449 e. The second-order valence-corrected chi connectivity index (χ2v) is 7.97. The summed E-state index contributed by atoms with van der Waals surface area (Å²) in [6, 6.07) is 0.642. The first-order valence-electron chi connectivity index (χ1n) is 9.35. The number of rotatable bonds is 1. The molecule has 5 heteroatoms. The molecule has 0 radical (unpaired) electrons. The van der Waals surface area contributed by atoms with Crippen LogP contribution in [-0.4, -0.2) is 58.9 Å². The van der Waals surface area contributed by atoms with E-state index in [9.17, 15) is 9.90 Å². The van der Waals surface area contributed by atoms with Crippen LogP contribution in [0.15, 0.2) is 11.1 Å². The summed E-state index contributed by atoms with van der Waals surface area (Å²) >= 11 is 0. The summed E-state index contributed by atoms with van der Waals surface area (Å²) in [4.78, 5) is 15.2. The maximum Gasteiger partial charge on any atom is 0.336 e. The van der Waals surface area contributed by atoms with Gasteiger partial charge in [-0.2, -0.15) is 0 Å². The van der Waals surface area contributed by atoms with Crippen LogP contribution >= 0.6 is 0 Å². The van der Waals surface area contributed by atoms with Gasteiger partial charge in [-0.15, -0.1) is 0 Å². The van der Waals surface area contributed by atoms with Crippen molar-refractivity contribution in [3.8, 4) is 0 Å². The van der Waals surface area contributed by atoms with Gasteiger partial charge in [-0.05, 0) is 50.8 Å². The zero-order chi connectivity index (χ0) is 15.6. The predicted octanol–water partition coefficient (Wildman–Crippen LogP) is 1.11. The summed E-state index contributed by atoms with van der Waals surface area (Å²) in [6.45, 7) is 2.03. The first-order chi connectivity index (χ1) is 11.2. The molecule has 6 aliphatic rings. The number of ether oxygens (including phenoxy) is 1. The standard InChI is InChI=1S/C18H26N2O3/c21-14-10-18-11(9-13(14)20-8-4-2-6-15(18)20)16(17(22)23-18)12-5-1-3-7-19-12/h12-15,19,21H,1-10H2/t12-,13+,14+,15-,18-/m0/s1. The third kappa shape index (κ3) is 1.87. The Morgan fingerprint density at radius 3 is 2.91 bits per heavy atom. The molecule has 0 unspecified atom stereocenters. The number of hydrogen-bond donors (Lipinski definition) is 2. The van der Waals surface area contributed by atoms with E-state index in [1.165, 1.54) is 31.3 Å². The Labute approximate surface area is 137 Å². The number of nitrogens with zero attached hydrogens (tertiary/aromatic N) is 1. The molecule has 6 rings (SSSR count). The van der Waals surface area contributed by atoms with Crippen LogP contribution in [0, 0.1) is 0 Å². The lowest BCUT2D eigenvalue weighted by atomic mass is 9.63. The molecular weight excluding hydrogens is 292 g/mol. The van der Waals surface area contributed by atoms with E-state index in [2.05, 4.69) is 10.2 Å². The van der Waals surface area contributed by atoms with E-state index in [1.807, 2.05) is 0 Å². The molecule has 5 heterocycles. The highest BCUT2D eigenvalue weighted by Gasteiger charge is 2.65. The molecule has 0 aromatic rings. The summed E-state index contributed by atoms with van der Waals surface area (Å²) in [5, 5.41) is 14.1. The second-order valence-electron chi connectivity index (χ2n) is 7.97. The second kappa shape index (κ2) is 5.04. The number of fused-ring (bicyclic) bond motifs is 1. The Balaban J connectivity index is 1.59. The first kappa shape index (κ1) is 14.4. The smallest absolute Gasteiger partial charge is 0.336 e. The minimum atomic E-state index is -0.528. The lowest BCUT2D eigenvalue weighted by Gasteiger charge is -2.60. The molecule has 2 bridgehead atoms. The molecular formula is C18H26N2O3. The highest BCUT2D eigenvalue weighted by atomic mass is 16.6. The number of carbonyl (C=O) groups excluding carboxylic acids is 1.